The number of hydrogen-bond acceptors (Lipinski definition) is 9. The molecule has 2 saturated heterocycles. The van der Waals surface area contributed by atoms with Crippen molar-refractivity contribution in [3.8, 4) is 17.6 Å². The summed E-state index contributed by atoms with van der Waals surface area (Å²) in [5, 5.41) is 27.5. The van der Waals surface area contributed by atoms with Crippen molar-refractivity contribution < 1.29 is 38.9 Å². The number of carbonyl (C=O) groups excluding carboxylic acids is 4. The van der Waals surface area contributed by atoms with Gasteiger partial charge in [-0.15, -0.1) is 0 Å². The molecule has 4 N–H and O–H groups in total. The van der Waals surface area contributed by atoms with E-state index in [0.717, 1.165) is 47.3 Å². The highest BCUT2D eigenvalue weighted by Gasteiger charge is 2.75. The summed E-state index contributed by atoms with van der Waals surface area (Å²) in [5.74, 6) is 3.32. The number of amides is 4. The number of hydrogen-bond donors (Lipinski definition) is 4. The Balaban J connectivity index is 1.24. The van der Waals surface area contributed by atoms with Crippen LogP contribution in [0.25, 0.3) is 0 Å². The maximum atomic E-state index is 16.8. The fourth-order valence-corrected chi connectivity index (χ4v) is 11.2. The number of esters is 1. The number of ether oxygens (including phenoxy) is 2. The molecule has 12 heteroatoms. The van der Waals surface area contributed by atoms with Crippen LogP contribution < -0.4 is 20.3 Å². The van der Waals surface area contributed by atoms with Gasteiger partial charge in [-0.05, 0) is 102 Å². The summed E-state index contributed by atoms with van der Waals surface area (Å²) in [4.78, 5) is 66.5. The highest BCUT2D eigenvalue weighted by molar-refractivity contribution is 6.24. The van der Waals surface area contributed by atoms with Crippen molar-refractivity contribution in [3.63, 3.8) is 0 Å². The second kappa shape index (κ2) is 20.9. The first kappa shape index (κ1) is 47.8. The molecule has 0 aromatic heterocycles. The molecule has 12 nitrogen and oxygen atoms in total. The van der Waals surface area contributed by atoms with E-state index < -0.39 is 71.5 Å². The SMILES string of the molecule is C[C@@H](NC(=O)N1C(=O)[C@@]2(c3cc(C#CC4=CCCCC4)ccc31)[C@H](C(=O)NC[C@H](O)c1ccccc1)[C@H]1C(=O)O[C@H](c3ccccc3)[C@H](c3ccccc3)N1[C@@H]2c1cccc(OCCO)c1)c1ccccc1. The molecule has 4 aliphatic rings. The Morgan fingerprint density at radius 1 is 0.778 bits per heavy atom. The molecule has 0 saturated carbocycles. The van der Waals surface area contributed by atoms with Crippen LogP contribution in [0.2, 0.25) is 0 Å². The maximum absolute atomic E-state index is 16.8. The molecule has 72 heavy (non-hydrogen) atoms. The van der Waals surface area contributed by atoms with Crippen molar-refractivity contribution in [3.05, 3.63) is 214 Å². The Labute approximate surface area is 419 Å². The van der Waals surface area contributed by atoms with Crippen LogP contribution in [0.4, 0.5) is 10.5 Å². The van der Waals surface area contributed by atoms with Crippen molar-refractivity contribution in [2.24, 2.45) is 5.92 Å². The van der Waals surface area contributed by atoms with Crippen LogP contribution in [0.3, 0.4) is 0 Å². The van der Waals surface area contributed by atoms with E-state index >= 15 is 19.2 Å². The zero-order valence-electron chi connectivity index (χ0n) is 39.9. The molecule has 8 atom stereocenters. The standard InChI is InChI=1S/C60H56N4O8/c1-39(42-20-9-3-10-21-42)62-59(70)63-49-33-32-41(31-30-40-18-7-2-8-19-40)36-48(49)60(58(63)69)51(56(67)61-38-50(66)43-22-11-4-12-23-43)53-57(68)72-54(45-26-15-6-16-27-45)52(44-24-13-5-14-25-44)64(53)55(60)46-28-17-29-47(37-46)71-35-34-65/h3-6,9-18,20-29,32-33,36-37,39,50-55,65-66H,2,7-8,19,34-35,38H2,1H3,(H,61,67)(H,62,70)/t39-,50+,51+,52+,53+,54-,55-,60+/m1/s1. The number of rotatable bonds is 12. The Bertz CT molecular complexity index is 3050. The van der Waals surface area contributed by atoms with Gasteiger partial charge in [0.05, 0.1) is 42.4 Å². The maximum Gasteiger partial charge on any atom is 0.329 e. The summed E-state index contributed by atoms with van der Waals surface area (Å²) < 4.78 is 12.7. The van der Waals surface area contributed by atoms with Crippen LogP contribution in [-0.4, -0.2) is 64.7 Å². The van der Waals surface area contributed by atoms with Gasteiger partial charge in [0, 0.05) is 12.1 Å². The van der Waals surface area contributed by atoms with Gasteiger partial charge in [0.15, 0.2) is 0 Å². The fraction of sp³-hybridized carbons (Fsp3) is 0.267. The summed E-state index contributed by atoms with van der Waals surface area (Å²) >= 11 is 0. The van der Waals surface area contributed by atoms with Crippen molar-refractivity contribution in [1.29, 1.82) is 0 Å². The van der Waals surface area contributed by atoms with E-state index in [2.05, 4.69) is 28.6 Å². The first-order chi connectivity index (χ1) is 35.2. The zero-order valence-corrected chi connectivity index (χ0v) is 39.9. The van der Waals surface area contributed by atoms with Gasteiger partial charge in [-0.1, -0.05) is 151 Å². The second-order valence-corrected chi connectivity index (χ2v) is 18.8. The van der Waals surface area contributed by atoms with Gasteiger partial charge in [0.1, 0.15) is 29.9 Å². The minimum absolute atomic E-state index is 0.0246. The lowest BCUT2D eigenvalue weighted by Gasteiger charge is -2.46. The predicted molar refractivity (Wildman–Crippen MR) is 272 cm³/mol. The van der Waals surface area contributed by atoms with Gasteiger partial charge >= 0.3 is 12.0 Å². The zero-order chi connectivity index (χ0) is 49.8. The van der Waals surface area contributed by atoms with Crippen molar-refractivity contribution in [2.75, 3.05) is 24.7 Å². The van der Waals surface area contributed by atoms with Crippen molar-refractivity contribution >= 4 is 29.5 Å². The lowest BCUT2D eigenvalue weighted by atomic mass is 9.65. The van der Waals surface area contributed by atoms with Crippen LogP contribution in [0.15, 0.2) is 175 Å². The Morgan fingerprint density at radius 3 is 2.12 bits per heavy atom. The summed E-state index contributed by atoms with van der Waals surface area (Å²) in [6.07, 6.45) is 3.93. The molecular weight excluding hydrogens is 905 g/mol. The van der Waals surface area contributed by atoms with Crippen LogP contribution in [0, 0.1) is 17.8 Å². The summed E-state index contributed by atoms with van der Waals surface area (Å²) in [6, 6.07) is 44.9. The fourth-order valence-electron chi connectivity index (χ4n) is 11.2. The molecule has 2 fully saturated rings. The van der Waals surface area contributed by atoms with E-state index in [-0.39, 0.29) is 25.4 Å². The molecule has 6 aromatic carbocycles. The minimum Gasteiger partial charge on any atom is -0.491 e. The Hall–Kier alpha value is -7.82. The third-order valence-electron chi connectivity index (χ3n) is 14.4. The topological polar surface area (TPSA) is 158 Å². The van der Waals surface area contributed by atoms with Crippen LogP contribution in [-0.2, 0) is 24.5 Å². The van der Waals surface area contributed by atoms with Crippen molar-refractivity contribution in [1.82, 2.24) is 15.5 Å². The molecule has 0 radical (unpaired) electrons. The van der Waals surface area contributed by atoms with Crippen LogP contribution >= 0.6 is 0 Å². The number of fused-ring (bicyclic) bond motifs is 3. The van der Waals surface area contributed by atoms with Gasteiger partial charge < -0.3 is 30.3 Å². The van der Waals surface area contributed by atoms with Gasteiger partial charge in [0.25, 0.3) is 0 Å². The van der Waals surface area contributed by atoms with E-state index in [9.17, 15) is 10.2 Å². The van der Waals surface area contributed by atoms with Gasteiger partial charge in [-0.25, -0.2) is 9.69 Å². The molecular formula is C60H56N4O8. The number of nitrogens with zero attached hydrogens (tertiary/aromatic N) is 2. The minimum atomic E-state index is -2.07. The van der Waals surface area contributed by atoms with Crippen LogP contribution in [0.5, 0.6) is 5.75 Å². The number of morpholine rings is 1. The van der Waals surface area contributed by atoms with Crippen LogP contribution in [0.1, 0.15) is 102 Å². The highest BCUT2D eigenvalue weighted by atomic mass is 16.6. The first-order valence-corrected chi connectivity index (χ1v) is 24.7. The molecule has 3 aliphatic heterocycles. The van der Waals surface area contributed by atoms with E-state index in [0.29, 0.717) is 33.6 Å². The number of imide groups is 1. The molecule has 364 valence electrons. The molecule has 0 unspecified atom stereocenters. The molecule has 1 spiro atoms. The number of urea groups is 1. The predicted octanol–water partition coefficient (Wildman–Crippen LogP) is 8.90. The summed E-state index contributed by atoms with van der Waals surface area (Å²) in [6.45, 7) is 1.28. The van der Waals surface area contributed by atoms with E-state index in [1.54, 1.807) is 60.7 Å². The Morgan fingerprint density at radius 2 is 1.44 bits per heavy atom. The molecule has 1 aliphatic carbocycles. The number of benzene rings is 6. The van der Waals surface area contributed by atoms with E-state index in [1.807, 2.05) is 115 Å². The largest absolute Gasteiger partial charge is 0.491 e. The van der Waals surface area contributed by atoms with Crippen molar-refractivity contribution in [2.45, 2.75) is 74.4 Å². The Kier molecular flexibility index (Phi) is 13.9. The van der Waals surface area contributed by atoms with Gasteiger partial charge in [0.2, 0.25) is 11.8 Å². The number of nitrogens with one attached hydrogen (secondary N) is 2. The first-order valence-electron chi connectivity index (χ1n) is 24.7. The average Bonchev–Trinajstić information content (AvgIpc) is 3.89. The normalized spacial score (nSPS) is 23.1. The summed E-state index contributed by atoms with van der Waals surface area (Å²) in [7, 11) is 0. The second-order valence-electron chi connectivity index (χ2n) is 18.8. The quantitative estimate of drug-likeness (QED) is 0.0695. The number of allylic oxidation sites excluding steroid dienone is 2. The molecule has 4 amide bonds. The third kappa shape index (κ3) is 8.96. The average molecular weight is 961 g/mol. The third-order valence-corrected chi connectivity index (χ3v) is 14.4. The summed E-state index contributed by atoms with van der Waals surface area (Å²) in [5.41, 5.74) is 3.32. The molecule has 6 aromatic rings. The number of aliphatic hydroxyl groups excluding tert-OH is 2. The van der Waals surface area contributed by atoms with Gasteiger partial charge in [-0.2, -0.15) is 0 Å². The molecule has 0 bridgehead atoms. The highest BCUT2D eigenvalue weighted by Crippen LogP contribution is 2.66. The number of anilines is 1. The molecule has 10 rings (SSSR count). The number of carbonyl (C=O) groups is 4. The smallest absolute Gasteiger partial charge is 0.329 e. The molecule has 3 heterocycles. The number of aliphatic hydroxyl groups is 2. The van der Waals surface area contributed by atoms with E-state index in [1.165, 1.54) is 0 Å². The van der Waals surface area contributed by atoms with E-state index in [4.69, 9.17) is 9.47 Å². The monoisotopic (exact) mass is 960 g/mol. The lowest BCUT2D eigenvalue weighted by molar-refractivity contribution is -0.178. The van der Waals surface area contributed by atoms with Gasteiger partial charge in [-0.3, -0.25) is 19.3 Å². The lowest BCUT2D eigenvalue weighted by Crippen LogP contribution is -2.56. The number of cyclic esters (lactones) is 1.